The van der Waals surface area contributed by atoms with Gasteiger partial charge in [-0.25, -0.2) is 4.39 Å². The van der Waals surface area contributed by atoms with Crippen LogP contribution in [0.4, 0.5) is 4.39 Å². The molecule has 0 saturated carbocycles. The van der Waals surface area contributed by atoms with E-state index in [4.69, 9.17) is 0 Å². The predicted octanol–water partition coefficient (Wildman–Crippen LogP) is 4.00. The second-order valence-corrected chi connectivity index (χ2v) is 6.26. The summed E-state index contributed by atoms with van der Waals surface area (Å²) < 4.78 is 14.6. The van der Waals surface area contributed by atoms with Crippen LogP contribution in [0.1, 0.15) is 43.0 Å². The highest BCUT2D eigenvalue weighted by Crippen LogP contribution is 2.36. The number of halogens is 1. The zero-order chi connectivity index (χ0) is 17.3. The molecule has 1 atom stereocenters. The molecule has 2 aromatic rings. The zero-order valence-corrected chi connectivity index (χ0v) is 14.2. The highest BCUT2D eigenvalue weighted by atomic mass is 19.1. The van der Waals surface area contributed by atoms with Gasteiger partial charge in [0.2, 0.25) is 0 Å². The minimum atomic E-state index is -0.285. The van der Waals surface area contributed by atoms with Crippen LogP contribution in [0.2, 0.25) is 0 Å². The number of fused-ring (bicyclic) bond motifs is 1. The number of carbonyl (C=O) groups excluding carboxylic acids is 1. The van der Waals surface area contributed by atoms with E-state index in [1.165, 1.54) is 6.07 Å². The highest BCUT2D eigenvalue weighted by molar-refractivity contribution is 5.97. The van der Waals surface area contributed by atoms with Gasteiger partial charge in [0.05, 0.1) is 0 Å². The van der Waals surface area contributed by atoms with Crippen LogP contribution in [0.15, 0.2) is 18.2 Å². The maximum atomic E-state index is 14.6. The molecule has 1 aromatic carbocycles. The average molecular weight is 324 g/mol. The summed E-state index contributed by atoms with van der Waals surface area (Å²) in [6.45, 7) is 5.64. The molecule has 4 heteroatoms. The van der Waals surface area contributed by atoms with Gasteiger partial charge in [0.15, 0.2) is 0 Å². The van der Waals surface area contributed by atoms with E-state index in [1.54, 1.807) is 13.0 Å². The second kappa shape index (κ2) is 6.52. The van der Waals surface area contributed by atoms with Crippen LogP contribution in [0, 0.1) is 31.5 Å². The van der Waals surface area contributed by atoms with Gasteiger partial charge in [0.25, 0.3) is 5.91 Å². The van der Waals surface area contributed by atoms with Gasteiger partial charge in [-0.3, -0.25) is 4.79 Å². The van der Waals surface area contributed by atoms with Crippen LogP contribution in [-0.2, 0) is 4.79 Å². The first-order valence-electron chi connectivity index (χ1n) is 8.23. The molecule has 24 heavy (non-hydrogen) atoms. The maximum absolute atomic E-state index is 14.6. The van der Waals surface area contributed by atoms with Gasteiger partial charge in [-0.1, -0.05) is 12.0 Å². The molecule has 3 rings (SSSR count). The molecule has 0 spiro atoms. The lowest BCUT2D eigenvalue weighted by Crippen LogP contribution is -2.33. The molecular weight excluding hydrogens is 303 g/mol. The number of benzene rings is 1. The Hall–Kier alpha value is -2.54. The van der Waals surface area contributed by atoms with Crippen LogP contribution >= 0.6 is 0 Å². The Morgan fingerprint density at radius 1 is 1.38 bits per heavy atom. The van der Waals surface area contributed by atoms with Crippen LogP contribution < -0.4 is 5.32 Å². The fourth-order valence-electron chi connectivity index (χ4n) is 3.43. The van der Waals surface area contributed by atoms with Gasteiger partial charge in [0.1, 0.15) is 5.82 Å². The lowest BCUT2D eigenvalue weighted by molar-refractivity contribution is -0.116. The zero-order valence-electron chi connectivity index (χ0n) is 14.2. The molecule has 0 radical (unpaired) electrons. The molecule has 0 fully saturated rings. The lowest BCUT2D eigenvalue weighted by Gasteiger charge is -2.22. The number of H-pyrrole nitrogens is 1. The first-order valence-corrected chi connectivity index (χ1v) is 8.23. The molecule has 0 unspecified atom stereocenters. The van der Waals surface area contributed by atoms with Crippen molar-refractivity contribution in [3.63, 3.8) is 0 Å². The third-order valence-electron chi connectivity index (χ3n) is 4.65. The smallest absolute Gasteiger partial charge is 0.296 e. The molecule has 124 valence electrons. The van der Waals surface area contributed by atoms with Crippen molar-refractivity contribution in [2.45, 2.75) is 46.1 Å². The third-order valence-corrected chi connectivity index (χ3v) is 4.65. The van der Waals surface area contributed by atoms with Gasteiger partial charge < -0.3 is 10.3 Å². The van der Waals surface area contributed by atoms with Gasteiger partial charge in [-0.2, -0.15) is 0 Å². The Morgan fingerprint density at radius 3 is 2.92 bits per heavy atom. The number of aromatic nitrogens is 1. The maximum Gasteiger partial charge on any atom is 0.296 e. The summed E-state index contributed by atoms with van der Waals surface area (Å²) in [7, 11) is 0. The van der Waals surface area contributed by atoms with Crippen molar-refractivity contribution in [2.24, 2.45) is 0 Å². The predicted molar refractivity (Wildman–Crippen MR) is 94.9 cm³/mol. The van der Waals surface area contributed by atoms with Crippen LogP contribution in [0.3, 0.4) is 0 Å². The Balaban J connectivity index is 2.05. The van der Waals surface area contributed by atoms with Crippen LogP contribution in [0.5, 0.6) is 0 Å². The summed E-state index contributed by atoms with van der Waals surface area (Å²) >= 11 is 0. The molecule has 1 aromatic heterocycles. The topological polar surface area (TPSA) is 44.9 Å². The molecule has 0 saturated heterocycles. The molecule has 2 N–H and O–H groups in total. The summed E-state index contributed by atoms with van der Waals surface area (Å²) in [5, 5.41) is 3.83. The fraction of sp³-hybridized carbons (Fsp3) is 0.350. The first kappa shape index (κ1) is 16.3. The Kier molecular flexibility index (Phi) is 4.44. The summed E-state index contributed by atoms with van der Waals surface area (Å²) in [6, 6.07) is 3.20. The van der Waals surface area contributed by atoms with E-state index in [1.807, 2.05) is 19.9 Å². The molecule has 3 nitrogen and oxygen atoms in total. The van der Waals surface area contributed by atoms with Crippen molar-refractivity contribution < 1.29 is 9.18 Å². The van der Waals surface area contributed by atoms with Gasteiger partial charge in [-0.05, 0) is 69.2 Å². The number of aromatic amines is 1. The van der Waals surface area contributed by atoms with Crippen molar-refractivity contribution in [1.82, 2.24) is 10.3 Å². The minimum absolute atomic E-state index is 0.0999. The molecule has 0 aliphatic heterocycles. The summed E-state index contributed by atoms with van der Waals surface area (Å²) in [4.78, 5) is 15.0. The van der Waals surface area contributed by atoms with E-state index in [2.05, 4.69) is 22.1 Å². The van der Waals surface area contributed by atoms with Crippen molar-refractivity contribution in [2.75, 3.05) is 0 Å². The monoisotopic (exact) mass is 324 g/mol. The van der Waals surface area contributed by atoms with Gasteiger partial charge in [0, 0.05) is 28.2 Å². The molecule has 1 aliphatic carbocycles. The number of hydrogen-bond acceptors (Lipinski definition) is 1. The van der Waals surface area contributed by atoms with Crippen molar-refractivity contribution in [3.8, 4) is 11.8 Å². The summed E-state index contributed by atoms with van der Waals surface area (Å²) in [5.41, 5.74) is 4.70. The molecule has 0 bridgehead atoms. The average Bonchev–Trinajstić information content (AvgIpc) is 2.83. The third kappa shape index (κ3) is 2.94. The Morgan fingerprint density at radius 2 is 2.17 bits per heavy atom. The fourth-order valence-corrected chi connectivity index (χ4v) is 3.43. The SMILES string of the molecule is CC#CC(=O)N[C@@H]1C=C(c2c(F)ccc3[nH]c(C)c(C)c23)CCC1. The van der Waals surface area contributed by atoms with E-state index in [0.717, 1.165) is 47.0 Å². The number of carbonyl (C=O) groups is 1. The van der Waals surface area contributed by atoms with Crippen molar-refractivity contribution >= 4 is 22.4 Å². The van der Waals surface area contributed by atoms with Crippen molar-refractivity contribution in [1.29, 1.82) is 0 Å². The van der Waals surface area contributed by atoms with E-state index < -0.39 is 0 Å². The largest absolute Gasteiger partial charge is 0.358 e. The van der Waals surface area contributed by atoms with E-state index in [0.29, 0.717) is 5.56 Å². The van der Waals surface area contributed by atoms with Crippen LogP contribution in [0.25, 0.3) is 16.5 Å². The number of amides is 1. The standard InChI is InChI=1S/C20H21FN2O/c1-4-6-18(24)23-15-8-5-7-14(11-15)20-16(21)9-10-17-19(20)12(2)13(3)22-17/h9-11,15,22H,5,7-8H2,1-3H3,(H,23,24)/t15-/m0/s1. The Labute approximate surface area is 141 Å². The van der Waals surface area contributed by atoms with E-state index in [-0.39, 0.29) is 17.8 Å². The second-order valence-electron chi connectivity index (χ2n) is 6.26. The van der Waals surface area contributed by atoms with E-state index >= 15 is 0 Å². The Bertz CT molecular complexity index is 896. The lowest BCUT2D eigenvalue weighted by atomic mass is 9.88. The molecular formula is C20H21FN2O. The number of allylic oxidation sites excluding steroid dienone is 1. The first-order chi connectivity index (χ1) is 11.5. The highest BCUT2D eigenvalue weighted by Gasteiger charge is 2.21. The number of aryl methyl sites for hydroxylation is 2. The molecule has 1 aliphatic rings. The quantitative estimate of drug-likeness (QED) is 0.806. The summed E-state index contributed by atoms with van der Waals surface area (Å²) in [5.74, 6) is 4.59. The molecule has 1 amide bonds. The summed E-state index contributed by atoms with van der Waals surface area (Å²) in [6.07, 6.45) is 4.56. The van der Waals surface area contributed by atoms with Crippen LogP contribution in [-0.4, -0.2) is 16.9 Å². The van der Waals surface area contributed by atoms with Gasteiger partial charge >= 0.3 is 0 Å². The number of hydrogen-bond donors (Lipinski definition) is 2. The minimum Gasteiger partial charge on any atom is -0.358 e. The number of rotatable bonds is 2. The molecule has 1 heterocycles. The van der Waals surface area contributed by atoms with Gasteiger partial charge in [-0.15, -0.1) is 0 Å². The van der Waals surface area contributed by atoms with E-state index in [9.17, 15) is 9.18 Å². The number of nitrogens with one attached hydrogen (secondary N) is 2. The van der Waals surface area contributed by atoms with Crippen molar-refractivity contribution in [3.05, 3.63) is 40.8 Å². The normalized spacial score (nSPS) is 17.2.